The smallest absolute Gasteiger partial charge is 0.356 e. The van der Waals surface area contributed by atoms with Crippen molar-refractivity contribution in [2.24, 2.45) is 0 Å². The Kier molecular flexibility index (Phi) is 6.39. The summed E-state index contributed by atoms with van der Waals surface area (Å²) in [4.78, 5) is 49.0. The first-order valence-corrected chi connectivity index (χ1v) is 11.9. The number of halogens is 1. The van der Waals surface area contributed by atoms with Gasteiger partial charge in [-0.15, -0.1) is 0 Å². The average molecular weight is 483 g/mol. The van der Waals surface area contributed by atoms with Crippen molar-refractivity contribution >= 4 is 18.8 Å². The normalized spacial score (nSPS) is 17.9. The van der Waals surface area contributed by atoms with Gasteiger partial charge in [-0.2, -0.15) is 0 Å². The highest BCUT2D eigenvalue weighted by atomic mass is 31.2. The summed E-state index contributed by atoms with van der Waals surface area (Å²) in [5, 5.41) is 12.2. The number of hydrogen-bond acceptors (Lipinski definition) is 7. The molecule has 2 aromatic rings. The summed E-state index contributed by atoms with van der Waals surface area (Å²) in [5.74, 6) is -2.38. The zero-order chi connectivity index (χ0) is 23.8. The zero-order valence-corrected chi connectivity index (χ0v) is 18.4. The predicted molar refractivity (Wildman–Crippen MR) is 112 cm³/mol. The van der Waals surface area contributed by atoms with E-state index in [1.165, 1.54) is 4.57 Å². The molecule has 33 heavy (non-hydrogen) atoms. The van der Waals surface area contributed by atoms with Crippen molar-refractivity contribution in [3.05, 3.63) is 51.5 Å². The summed E-state index contributed by atoms with van der Waals surface area (Å²) in [6, 6.07) is 2.82. The molecule has 0 unspecified atom stereocenters. The van der Waals surface area contributed by atoms with Crippen LogP contribution >= 0.6 is 7.60 Å². The topological polar surface area (TPSA) is 160 Å². The van der Waals surface area contributed by atoms with Gasteiger partial charge >= 0.3 is 7.60 Å². The number of aromatic hydroxyl groups is 1. The van der Waals surface area contributed by atoms with Crippen LogP contribution in [-0.2, 0) is 32.7 Å². The SMILES string of the molecule is O=C(NCc1ccc(F)cc1P(=O)(O)O)c1nc2n(c(=O)c1O)CCCOC21CCOCC1. The van der Waals surface area contributed by atoms with Crippen LogP contribution in [-0.4, -0.2) is 50.2 Å². The molecular formula is C20H23FN3O8P. The summed E-state index contributed by atoms with van der Waals surface area (Å²) >= 11 is 0. The number of carbonyl (C=O) groups is 1. The van der Waals surface area contributed by atoms with Crippen molar-refractivity contribution in [2.45, 2.75) is 38.0 Å². The van der Waals surface area contributed by atoms with Crippen LogP contribution in [0.3, 0.4) is 0 Å². The Balaban J connectivity index is 1.68. The predicted octanol–water partition coefficient (Wildman–Crippen LogP) is 0.247. The monoisotopic (exact) mass is 483 g/mol. The summed E-state index contributed by atoms with van der Waals surface area (Å²) in [6.45, 7) is 1.01. The molecule has 1 amide bonds. The number of rotatable bonds is 4. The fourth-order valence-corrected chi connectivity index (χ4v) is 4.92. The van der Waals surface area contributed by atoms with Crippen molar-refractivity contribution in [3.8, 4) is 5.75 Å². The lowest BCUT2D eigenvalue weighted by atomic mass is 9.92. The van der Waals surface area contributed by atoms with Gasteiger partial charge in [-0.25, -0.2) is 9.37 Å². The highest BCUT2D eigenvalue weighted by molar-refractivity contribution is 7.60. The van der Waals surface area contributed by atoms with Crippen molar-refractivity contribution in [1.29, 1.82) is 0 Å². The Morgan fingerprint density at radius 1 is 1.27 bits per heavy atom. The van der Waals surface area contributed by atoms with Crippen LogP contribution in [0.5, 0.6) is 5.75 Å². The fraction of sp³-hybridized carbons (Fsp3) is 0.450. The Hall–Kier alpha value is -2.63. The molecule has 4 N–H and O–H groups in total. The van der Waals surface area contributed by atoms with E-state index < -0.39 is 53.8 Å². The Bertz CT molecular complexity index is 1190. The van der Waals surface area contributed by atoms with Gasteiger partial charge in [0.2, 0.25) is 5.75 Å². The van der Waals surface area contributed by atoms with Crippen molar-refractivity contribution in [2.75, 3.05) is 19.8 Å². The molecule has 0 radical (unpaired) electrons. The number of aromatic nitrogens is 2. The number of nitrogens with one attached hydrogen (secondary N) is 1. The lowest BCUT2D eigenvalue weighted by Gasteiger charge is -2.36. The summed E-state index contributed by atoms with van der Waals surface area (Å²) in [5.41, 5.74) is -2.25. The van der Waals surface area contributed by atoms with Crippen LogP contribution in [0.4, 0.5) is 4.39 Å². The van der Waals surface area contributed by atoms with Crippen LogP contribution in [0.1, 0.15) is 41.1 Å². The Labute approximate surface area is 187 Å². The summed E-state index contributed by atoms with van der Waals surface area (Å²) in [7, 11) is -4.81. The minimum absolute atomic E-state index is 0.0201. The molecule has 2 aliphatic heterocycles. The second kappa shape index (κ2) is 8.96. The molecule has 2 aliphatic rings. The van der Waals surface area contributed by atoms with E-state index in [2.05, 4.69) is 10.3 Å². The summed E-state index contributed by atoms with van der Waals surface area (Å²) < 4.78 is 37.9. The quantitative estimate of drug-likeness (QED) is 0.447. The van der Waals surface area contributed by atoms with E-state index in [4.69, 9.17) is 9.47 Å². The van der Waals surface area contributed by atoms with E-state index in [-0.39, 0.29) is 17.9 Å². The lowest BCUT2D eigenvalue weighted by Crippen LogP contribution is -2.42. The van der Waals surface area contributed by atoms with Crippen LogP contribution in [0.25, 0.3) is 0 Å². The number of ether oxygens (including phenoxy) is 2. The van der Waals surface area contributed by atoms with E-state index in [0.29, 0.717) is 45.1 Å². The fourth-order valence-electron chi connectivity index (χ4n) is 4.10. The van der Waals surface area contributed by atoms with Gasteiger partial charge in [0.05, 0.1) is 5.30 Å². The molecule has 3 heterocycles. The molecule has 0 aliphatic carbocycles. The third-order valence-electron chi connectivity index (χ3n) is 5.77. The molecule has 1 saturated heterocycles. The summed E-state index contributed by atoms with van der Waals surface area (Å²) in [6.07, 6.45) is 1.37. The molecule has 1 spiro atoms. The molecule has 178 valence electrons. The molecule has 0 bridgehead atoms. The second-order valence-corrected chi connectivity index (χ2v) is 9.47. The van der Waals surface area contributed by atoms with E-state index in [1.54, 1.807) is 0 Å². The Morgan fingerprint density at radius 2 is 2.00 bits per heavy atom. The first-order chi connectivity index (χ1) is 15.6. The minimum atomic E-state index is -4.81. The standard InChI is InChI=1S/C20H23FN3O8P/c21-13-3-2-12(14(10-13)33(28,29)30)11-22-17(26)15-16(25)18(27)24-6-1-7-32-20(19(24)23-15)4-8-31-9-5-20/h2-3,10,25H,1,4-9,11H2,(H,22,26)(H2,28,29,30). The number of carbonyl (C=O) groups excluding carboxylic acids is 1. The maximum atomic E-state index is 13.5. The third-order valence-corrected chi connectivity index (χ3v) is 6.82. The molecular weight excluding hydrogens is 460 g/mol. The van der Waals surface area contributed by atoms with E-state index in [9.17, 15) is 33.4 Å². The van der Waals surface area contributed by atoms with Crippen molar-refractivity contribution in [3.63, 3.8) is 0 Å². The van der Waals surface area contributed by atoms with Gasteiger partial charge in [0.1, 0.15) is 17.2 Å². The molecule has 13 heteroatoms. The van der Waals surface area contributed by atoms with Gasteiger partial charge in [-0.3, -0.25) is 18.7 Å². The van der Waals surface area contributed by atoms with Crippen LogP contribution in [0, 0.1) is 5.82 Å². The highest BCUT2D eigenvalue weighted by Crippen LogP contribution is 2.37. The zero-order valence-electron chi connectivity index (χ0n) is 17.5. The van der Waals surface area contributed by atoms with Gasteiger partial charge < -0.3 is 29.7 Å². The minimum Gasteiger partial charge on any atom is -0.501 e. The average Bonchev–Trinajstić information content (AvgIpc) is 2.94. The van der Waals surface area contributed by atoms with E-state index >= 15 is 0 Å². The Morgan fingerprint density at radius 3 is 2.70 bits per heavy atom. The largest absolute Gasteiger partial charge is 0.501 e. The number of hydrogen-bond donors (Lipinski definition) is 4. The van der Waals surface area contributed by atoms with Crippen LogP contribution in [0.2, 0.25) is 0 Å². The molecule has 4 rings (SSSR count). The molecule has 1 aromatic carbocycles. The maximum Gasteiger partial charge on any atom is 0.356 e. The molecule has 1 fully saturated rings. The van der Waals surface area contributed by atoms with Crippen molar-refractivity contribution < 1.29 is 38.1 Å². The first-order valence-electron chi connectivity index (χ1n) is 10.3. The van der Waals surface area contributed by atoms with E-state index in [0.717, 1.165) is 12.1 Å². The van der Waals surface area contributed by atoms with Crippen molar-refractivity contribution in [1.82, 2.24) is 14.9 Å². The van der Waals surface area contributed by atoms with Gasteiger partial charge in [-0.1, -0.05) is 6.07 Å². The van der Waals surface area contributed by atoms with Gasteiger partial charge in [-0.05, 0) is 24.1 Å². The molecule has 0 atom stereocenters. The number of nitrogens with zero attached hydrogens (tertiary/aromatic N) is 2. The first kappa shape index (κ1) is 23.5. The maximum absolute atomic E-state index is 13.5. The highest BCUT2D eigenvalue weighted by Gasteiger charge is 2.42. The van der Waals surface area contributed by atoms with Gasteiger partial charge in [0.15, 0.2) is 5.69 Å². The lowest BCUT2D eigenvalue weighted by molar-refractivity contribution is -0.118. The van der Waals surface area contributed by atoms with Gasteiger partial charge in [0, 0.05) is 45.8 Å². The number of benzene rings is 1. The van der Waals surface area contributed by atoms with Crippen LogP contribution in [0.15, 0.2) is 23.0 Å². The number of amides is 1. The van der Waals surface area contributed by atoms with Gasteiger partial charge in [0.25, 0.3) is 11.5 Å². The molecule has 0 saturated carbocycles. The van der Waals surface area contributed by atoms with E-state index in [1.807, 2.05) is 0 Å². The molecule has 1 aromatic heterocycles. The van der Waals surface area contributed by atoms with Crippen LogP contribution < -0.4 is 16.2 Å². The third kappa shape index (κ3) is 4.57. The molecule has 11 nitrogen and oxygen atoms in total. The second-order valence-electron chi connectivity index (χ2n) is 7.90. The number of fused-ring (bicyclic) bond motifs is 2.